The molecule has 6 heteroatoms. The molecule has 0 saturated heterocycles. The van der Waals surface area contributed by atoms with Gasteiger partial charge in [-0.3, -0.25) is 4.79 Å². The van der Waals surface area contributed by atoms with E-state index in [0.717, 1.165) is 11.6 Å². The first-order valence-electron chi connectivity index (χ1n) is 7.85. The number of nitriles is 1. The molecule has 5 nitrogen and oxygen atoms in total. The standard InChI is InChI=1S/C20H17FN2O3/c1-13-6-8-15(9-7-13)10-16(12-22)20(25)26-14(2)19(24)23-18-5-3-4-17(21)11-18/h3-11,14H,1-2H3,(H,23,24)/b16-10+/t14-/m0/s1. The van der Waals surface area contributed by atoms with Gasteiger partial charge in [0.15, 0.2) is 6.10 Å². The zero-order valence-electron chi connectivity index (χ0n) is 14.3. The summed E-state index contributed by atoms with van der Waals surface area (Å²) in [6, 6.07) is 14.3. The number of aryl methyl sites for hydroxylation is 1. The quantitative estimate of drug-likeness (QED) is 0.506. The highest BCUT2D eigenvalue weighted by Gasteiger charge is 2.20. The van der Waals surface area contributed by atoms with Crippen LogP contribution in [0.3, 0.4) is 0 Å². The van der Waals surface area contributed by atoms with Crippen molar-refractivity contribution in [2.75, 3.05) is 5.32 Å². The van der Waals surface area contributed by atoms with Crippen LogP contribution in [-0.2, 0) is 14.3 Å². The average molecular weight is 352 g/mol. The van der Waals surface area contributed by atoms with Crippen LogP contribution in [0.5, 0.6) is 0 Å². The van der Waals surface area contributed by atoms with Crippen molar-refractivity contribution in [2.24, 2.45) is 0 Å². The number of nitrogens with one attached hydrogen (secondary N) is 1. The molecule has 26 heavy (non-hydrogen) atoms. The van der Waals surface area contributed by atoms with E-state index < -0.39 is 23.8 Å². The summed E-state index contributed by atoms with van der Waals surface area (Å²) in [5.74, 6) is -2.04. The third kappa shape index (κ3) is 5.28. The first-order valence-corrected chi connectivity index (χ1v) is 7.85. The molecule has 0 aliphatic rings. The molecule has 1 atom stereocenters. The SMILES string of the molecule is Cc1ccc(/C=C(\C#N)C(=O)O[C@@H](C)C(=O)Nc2cccc(F)c2)cc1. The topological polar surface area (TPSA) is 79.2 Å². The second kappa shape index (κ2) is 8.58. The van der Waals surface area contributed by atoms with Gasteiger partial charge in [-0.15, -0.1) is 0 Å². The van der Waals surface area contributed by atoms with E-state index in [0.29, 0.717) is 5.56 Å². The summed E-state index contributed by atoms with van der Waals surface area (Å²) in [5.41, 5.74) is 1.74. The maximum Gasteiger partial charge on any atom is 0.349 e. The molecule has 0 aliphatic carbocycles. The van der Waals surface area contributed by atoms with E-state index >= 15 is 0 Å². The van der Waals surface area contributed by atoms with Crippen LogP contribution < -0.4 is 5.32 Å². The molecule has 0 spiro atoms. The van der Waals surface area contributed by atoms with Crippen LogP contribution in [0.2, 0.25) is 0 Å². The summed E-state index contributed by atoms with van der Waals surface area (Å²) >= 11 is 0. The van der Waals surface area contributed by atoms with E-state index in [4.69, 9.17) is 10.00 Å². The van der Waals surface area contributed by atoms with E-state index in [1.807, 2.05) is 19.1 Å². The Kier molecular flexibility index (Phi) is 6.23. The Balaban J connectivity index is 2.03. The van der Waals surface area contributed by atoms with Gasteiger partial charge in [-0.05, 0) is 43.7 Å². The fourth-order valence-corrected chi connectivity index (χ4v) is 2.05. The van der Waals surface area contributed by atoms with Crippen molar-refractivity contribution < 1.29 is 18.7 Å². The number of nitrogens with zero attached hydrogens (tertiary/aromatic N) is 1. The van der Waals surface area contributed by atoms with Crippen LogP contribution in [0.15, 0.2) is 54.1 Å². The second-order valence-electron chi connectivity index (χ2n) is 5.63. The lowest BCUT2D eigenvalue weighted by molar-refractivity contribution is -0.148. The fraction of sp³-hybridized carbons (Fsp3) is 0.150. The summed E-state index contributed by atoms with van der Waals surface area (Å²) in [6.45, 7) is 3.29. The highest BCUT2D eigenvalue weighted by molar-refractivity contribution is 6.01. The third-order valence-electron chi connectivity index (χ3n) is 3.47. The van der Waals surface area contributed by atoms with E-state index in [2.05, 4.69) is 5.32 Å². The van der Waals surface area contributed by atoms with Crippen LogP contribution in [0, 0.1) is 24.1 Å². The van der Waals surface area contributed by atoms with Crippen molar-refractivity contribution in [1.29, 1.82) is 5.26 Å². The summed E-state index contributed by atoms with van der Waals surface area (Å²) in [4.78, 5) is 24.2. The number of hydrogen-bond acceptors (Lipinski definition) is 4. The molecule has 0 radical (unpaired) electrons. The van der Waals surface area contributed by atoms with Gasteiger partial charge in [0.25, 0.3) is 5.91 Å². The molecule has 1 amide bonds. The maximum atomic E-state index is 13.1. The largest absolute Gasteiger partial charge is 0.448 e. The number of carbonyl (C=O) groups is 2. The minimum Gasteiger partial charge on any atom is -0.448 e. The molecule has 2 aromatic carbocycles. The fourth-order valence-electron chi connectivity index (χ4n) is 2.05. The van der Waals surface area contributed by atoms with Gasteiger partial charge in [0.1, 0.15) is 17.5 Å². The molecular weight excluding hydrogens is 335 g/mol. The smallest absolute Gasteiger partial charge is 0.349 e. The van der Waals surface area contributed by atoms with Gasteiger partial charge in [0.05, 0.1) is 0 Å². The molecule has 0 unspecified atom stereocenters. The van der Waals surface area contributed by atoms with Crippen LogP contribution in [-0.4, -0.2) is 18.0 Å². The van der Waals surface area contributed by atoms with Gasteiger partial charge in [0, 0.05) is 5.69 Å². The maximum absolute atomic E-state index is 13.1. The Morgan fingerprint density at radius 3 is 2.54 bits per heavy atom. The molecule has 0 aromatic heterocycles. The van der Waals surface area contributed by atoms with Crippen molar-refractivity contribution >= 4 is 23.6 Å². The molecule has 0 bridgehead atoms. The second-order valence-corrected chi connectivity index (χ2v) is 5.63. The number of hydrogen-bond donors (Lipinski definition) is 1. The van der Waals surface area contributed by atoms with Gasteiger partial charge in [-0.1, -0.05) is 35.9 Å². The number of carbonyl (C=O) groups excluding carboxylic acids is 2. The van der Waals surface area contributed by atoms with Crippen molar-refractivity contribution in [3.8, 4) is 6.07 Å². The molecule has 0 fully saturated rings. The van der Waals surface area contributed by atoms with Gasteiger partial charge < -0.3 is 10.1 Å². The molecule has 1 N–H and O–H groups in total. The van der Waals surface area contributed by atoms with Gasteiger partial charge in [-0.2, -0.15) is 5.26 Å². The minimum atomic E-state index is -1.15. The number of anilines is 1. The van der Waals surface area contributed by atoms with Crippen molar-refractivity contribution in [3.05, 3.63) is 71.0 Å². The number of amides is 1. The number of halogens is 1. The highest BCUT2D eigenvalue weighted by atomic mass is 19.1. The summed E-state index contributed by atoms with van der Waals surface area (Å²) in [7, 11) is 0. The van der Waals surface area contributed by atoms with E-state index in [1.165, 1.54) is 31.2 Å². The number of benzene rings is 2. The summed E-state index contributed by atoms with van der Waals surface area (Å²) < 4.78 is 18.2. The summed E-state index contributed by atoms with van der Waals surface area (Å²) in [5, 5.41) is 11.6. The van der Waals surface area contributed by atoms with Crippen molar-refractivity contribution in [3.63, 3.8) is 0 Å². The van der Waals surface area contributed by atoms with Crippen LogP contribution in [0.25, 0.3) is 6.08 Å². The molecular formula is C20H17FN2O3. The van der Waals surface area contributed by atoms with Crippen molar-refractivity contribution in [1.82, 2.24) is 0 Å². The Bertz CT molecular complexity index is 883. The lowest BCUT2D eigenvalue weighted by Crippen LogP contribution is -2.30. The molecule has 2 aromatic rings. The van der Waals surface area contributed by atoms with Crippen LogP contribution in [0.1, 0.15) is 18.1 Å². The number of esters is 1. The van der Waals surface area contributed by atoms with E-state index in [1.54, 1.807) is 18.2 Å². The first-order chi connectivity index (χ1) is 12.4. The third-order valence-corrected chi connectivity index (χ3v) is 3.47. The number of ether oxygens (including phenoxy) is 1. The van der Waals surface area contributed by atoms with Gasteiger partial charge >= 0.3 is 5.97 Å². The molecule has 0 aliphatic heterocycles. The van der Waals surface area contributed by atoms with Gasteiger partial charge in [0.2, 0.25) is 0 Å². The lowest BCUT2D eigenvalue weighted by Gasteiger charge is -2.13. The Hall–Kier alpha value is -3.46. The van der Waals surface area contributed by atoms with Gasteiger partial charge in [-0.25, -0.2) is 9.18 Å². The minimum absolute atomic E-state index is 0.223. The Morgan fingerprint density at radius 2 is 1.92 bits per heavy atom. The monoisotopic (exact) mass is 352 g/mol. The molecule has 132 valence electrons. The zero-order valence-corrected chi connectivity index (χ0v) is 14.3. The number of rotatable bonds is 5. The molecule has 0 heterocycles. The lowest BCUT2D eigenvalue weighted by atomic mass is 10.1. The summed E-state index contributed by atoms with van der Waals surface area (Å²) in [6.07, 6.45) is 0.236. The van der Waals surface area contributed by atoms with E-state index in [9.17, 15) is 14.0 Å². The first kappa shape index (κ1) is 18.9. The highest BCUT2D eigenvalue weighted by Crippen LogP contribution is 2.12. The Morgan fingerprint density at radius 1 is 1.23 bits per heavy atom. The zero-order chi connectivity index (χ0) is 19.1. The predicted octanol–water partition coefficient (Wildman–Crippen LogP) is 3.61. The average Bonchev–Trinajstić information content (AvgIpc) is 2.61. The molecule has 0 saturated carbocycles. The van der Waals surface area contributed by atoms with Crippen LogP contribution >= 0.6 is 0 Å². The van der Waals surface area contributed by atoms with Crippen molar-refractivity contribution in [2.45, 2.75) is 20.0 Å². The predicted molar refractivity (Wildman–Crippen MR) is 95.4 cm³/mol. The normalized spacial score (nSPS) is 12.0. The van der Waals surface area contributed by atoms with E-state index in [-0.39, 0.29) is 11.3 Å². The van der Waals surface area contributed by atoms with Crippen LogP contribution in [0.4, 0.5) is 10.1 Å². The Labute approximate surface area is 150 Å². The molecule has 2 rings (SSSR count).